The third-order valence-corrected chi connectivity index (χ3v) is 6.55. The predicted molar refractivity (Wildman–Crippen MR) is 134 cm³/mol. The molecule has 32 heavy (non-hydrogen) atoms. The van der Waals surface area contributed by atoms with Crippen LogP contribution in [0.15, 0.2) is 82.7 Å². The summed E-state index contributed by atoms with van der Waals surface area (Å²) in [6, 6.07) is 21.0. The van der Waals surface area contributed by atoms with Crippen molar-refractivity contribution < 1.29 is 19.8 Å². The fourth-order valence-corrected chi connectivity index (χ4v) is 4.58. The number of carbonyl (C=O) groups excluding carboxylic acids is 1. The summed E-state index contributed by atoms with van der Waals surface area (Å²) in [4.78, 5) is 31.1. The van der Waals surface area contributed by atoms with Crippen molar-refractivity contribution in [2.75, 3.05) is 0 Å². The van der Waals surface area contributed by atoms with Gasteiger partial charge in [0, 0.05) is 0 Å². The Hall–Kier alpha value is -3.11. The molecule has 4 rings (SSSR count). The summed E-state index contributed by atoms with van der Waals surface area (Å²) < 4.78 is 0.695. The van der Waals surface area contributed by atoms with Crippen LogP contribution in [0.25, 0.3) is 6.08 Å². The van der Waals surface area contributed by atoms with E-state index < -0.39 is 5.97 Å². The van der Waals surface area contributed by atoms with Gasteiger partial charge in [-0.15, -0.1) is 0 Å². The monoisotopic (exact) mass is 556 g/mol. The molecule has 1 aliphatic rings. The van der Waals surface area contributed by atoms with Crippen LogP contribution in [0.5, 0.6) is 5.75 Å². The molecule has 3 aromatic rings. The Morgan fingerprint density at radius 2 is 1.78 bits per heavy atom. The Morgan fingerprint density at radius 1 is 1.06 bits per heavy atom. The smallest absolute Gasteiger partial charge is 0.335 e. The molecule has 1 amide bonds. The normalized spacial score (nSPS) is 16.2. The van der Waals surface area contributed by atoms with E-state index in [0.29, 0.717) is 13.6 Å². The molecule has 6 nitrogen and oxygen atoms in total. The highest BCUT2D eigenvalue weighted by atomic mass is 127. The molecule has 0 bridgehead atoms. The zero-order chi connectivity index (χ0) is 22.7. The Balaban J connectivity index is 1.68. The summed E-state index contributed by atoms with van der Waals surface area (Å²) in [7, 11) is 0. The molecule has 0 atom stereocenters. The van der Waals surface area contributed by atoms with Crippen molar-refractivity contribution >= 4 is 63.2 Å². The number of phenols is 1. The molecule has 2 N–H and O–H groups in total. The van der Waals surface area contributed by atoms with Crippen molar-refractivity contribution in [2.45, 2.75) is 6.54 Å². The summed E-state index contributed by atoms with van der Waals surface area (Å²) >= 11 is 3.32. The molecule has 8 heteroatoms. The first kappa shape index (κ1) is 22.1. The molecule has 1 heterocycles. The minimum atomic E-state index is -0.996. The number of phenolic OH excluding ortho intramolecular Hbond substituents is 1. The number of carbonyl (C=O) groups is 2. The molecular formula is C24H17IN2O4S. The summed E-state index contributed by atoms with van der Waals surface area (Å²) in [6.07, 6.45) is 1.78. The topological polar surface area (TPSA) is 90.2 Å². The van der Waals surface area contributed by atoms with Crippen molar-refractivity contribution in [2.24, 2.45) is 4.99 Å². The van der Waals surface area contributed by atoms with E-state index in [9.17, 15) is 14.7 Å². The van der Waals surface area contributed by atoms with Crippen LogP contribution in [0.4, 0.5) is 5.69 Å². The number of nitrogens with zero attached hydrogens (tertiary/aromatic N) is 2. The number of aliphatic imine (C=N–C) groups is 1. The Bertz CT molecular complexity index is 1240. The van der Waals surface area contributed by atoms with Gasteiger partial charge in [-0.05, 0) is 88.0 Å². The third kappa shape index (κ3) is 5.03. The average molecular weight is 556 g/mol. The standard InChI is InChI=1S/C24H17IN2O4S/c25-19-12-16(8-11-20(19)28)13-21-22(29)27(14-15-6-9-17(10-7-15)23(30)31)24(32-21)26-18-4-2-1-3-5-18/h1-13,28H,14H2,(H,30,31)/b21-13+,26-24?. The van der Waals surface area contributed by atoms with Crippen molar-refractivity contribution in [1.29, 1.82) is 0 Å². The lowest BCUT2D eigenvalue weighted by Gasteiger charge is -2.16. The van der Waals surface area contributed by atoms with Gasteiger partial charge >= 0.3 is 5.97 Å². The highest BCUT2D eigenvalue weighted by molar-refractivity contribution is 14.1. The maximum Gasteiger partial charge on any atom is 0.335 e. The van der Waals surface area contributed by atoms with Gasteiger partial charge in [0.15, 0.2) is 5.17 Å². The predicted octanol–water partition coefficient (Wildman–Crippen LogP) is 5.50. The van der Waals surface area contributed by atoms with Gasteiger partial charge in [-0.25, -0.2) is 9.79 Å². The first-order chi connectivity index (χ1) is 15.4. The van der Waals surface area contributed by atoms with Crippen LogP contribution in [0, 0.1) is 3.57 Å². The van der Waals surface area contributed by atoms with E-state index in [1.165, 1.54) is 23.9 Å². The third-order valence-electron chi connectivity index (χ3n) is 4.68. The van der Waals surface area contributed by atoms with Gasteiger partial charge in [0.25, 0.3) is 5.91 Å². The zero-order valence-electron chi connectivity index (χ0n) is 16.6. The number of carboxylic acids is 1. The van der Waals surface area contributed by atoms with E-state index in [1.807, 2.05) is 52.9 Å². The number of aromatic carboxylic acids is 1. The number of hydrogen-bond donors (Lipinski definition) is 2. The molecule has 1 saturated heterocycles. The van der Waals surface area contributed by atoms with Crippen molar-refractivity contribution in [1.82, 2.24) is 4.90 Å². The van der Waals surface area contributed by atoms with E-state index in [-0.39, 0.29) is 23.8 Å². The number of rotatable bonds is 5. The molecular weight excluding hydrogens is 539 g/mol. The van der Waals surface area contributed by atoms with Crippen molar-refractivity contribution in [3.63, 3.8) is 0 Å². The second-order valence-electron chi connectivity index (χ2n) is 6.94. The Kier molecular flexibility index (Phi) is 6.61. The molecule has 1 aliphatic heterocycles. The molecule has 0 aromatic heterocycles. The van der Waals surface area contributed by atoms with E-state index in [0.717, 1.165) is 16.8 Å². The highest BCUT2D eigenvalue weighted by Gasteiger charge is 2.33. The minimum Gasteiger partial charge on any atom is -0.507 e. The largest absolute Gasteiger partial charge is 0.507 e. The molecule has 0 aliphatic carbocycles. The number of thioether (sulfide) groups is 1. The molecule has 0 radical (unpaired) electrons. The van der Waals surface area contributed by atoms with Crippen LogP contribution in [-0.2, 0) is 11.3 Å². The quantitative estimate of drug-likeness (QED) is 0.320. The maximum absolute atomic E-state index is 13.3. The van der Waals surface area contributed by atoms with Crippen LogP contribution in [0.2, 0.25) is 0 Å². The van der Waals surface area contributed by atoms with E-state index in [4.69, 9.17) is 5.11 Å². The fourth-order valence-electron chi connectivity index (χ4n) is 3.04. The van der Waals surface area contributed by atoms with Crippen LogP contribution in [0.1, 0.15) is 21.5 Å². The van der Waals surface area contributed by atoms with Gasteiger partial charge in [-0.1, -0.05) is 36.4 Å². The Labute approximate surface area is 202 Å². The summed E-state index contributed by atoms with van der Waals surface area (Å²) in [5.74, 6) is -0.990. The van der Waals surface area contributed by atoms with Crippen LogP contribution >= 0.6 is 34.4 Å². The van der Waals surface area contributed by atoms with Crippen LogP contribution < -0.4 is 0 Å². The molecule has 0 unspecified atom stereocenters. The van der Waals surface area contributed by atoms with Crippen LogP contribution in [-0.4, -0.2) is 32.2 Å². The first-order valence-electron chi connectivity index (χ1n) is 9.56. The number of carboxylic acid groups (broad SMARTS) is 1. The fraction of sp³-hybridized carbons (Fsp3) is 0.0417. The minimum absolute atomic E-state index is 0.185. The SMILES string of the molecule is O=C(O)c1ccc(CN2C(=O)/C(=C\c3ccc(O)c(I)c3)SC2=Nc2ccccc2)cc1. The maximum atomic E-state index is 13.3. The van der Waals surface area contributed by atoms with E-state index >= 15 is 0 Å². The average Bonchev–Trinajstić information content (AvgIpc) is 3.06. The number of aromatic hydroxyl groups is 1. The molecule has 3 aromatic carbocycles. The second-order valence-corrected chi connectivity index (χ2v) is 9.12. The van der Waals surface area contributed by atoms with Gasteiger partial charge in [0.1, 0.15) is 5.75 Å². The number of halogens is 1. The van der Waals surface area contributed by atoms with Crippen molar-refractivity contribution in [3.8, 4) is 5.75 Å². The number of benzene rings is 3. The lowest BCUT2D eigenvalue weighted by Crippen LogP contribution is -2.28. The molecule has 0 spiro atoms. The van der Waals surface area contributed by atoms with E-state index in [2.05, 4.69) is 4.99 Å². The van der Waals surface area contributed by atoms with Gasteiger partial charge in [0.05, 0.1) is 26.3 Å². The zero-order valence-corrected chi connectivity index (χ0v) is 19.6. The van der Waals surface area contributed by atoms with Gasteiger partial charge in [-0.2, -0.15) is 0 Å². The number of para-hydroxylation sites is 1. The lowest BCUT2D eigenvalue weighted by atomic mass is 10.1. The van der Waals surface area contributed by atoms with Crippen molar-refractivity contribution in [3.05, 3.63) is 98.0 Å². The number of amidine groups is 1. The van der Waals surface area contributed by atoms with Gasteiger partial charge < -0.3 is 10.2 Å². The van der Waals surface area contributed by atoms with Gasteiger partial charge in [0.2, 0.25) is 0 Å². The first-order valence-corrected chi connectivity index (χ1v) is 11.5. The Morgan fingerprint density at radius 3 is 2.44 bits per heavy atom. The van der Waals surface area contributed by atoms with Crippen LogP contribution in [0.3, 0.4) is 0 Å². The summed E-state index contributed by atoms with van der Waals surface area (Å²) in [6.45, 7) is 0.266. The summed E-state index contributed by atoms with van der Waals surface area (Å²) in [5.41, 5.74) is 2.52. The summed E-state index contributed by atoms with van der Waals surface area (Å²) in [5, 5.41) is 19.4. The number of amides is 1. The second kappa shape index (κ2) is 9.58. The van der Waals surface area contributed by atoms with E-state index in [1.54, 1.807) is 41.3 Å². The highest BCUT2D eigenvalue weighted by Crippen LogP contribution is 2.35. The molecule has 1 fully saturated rings. The molecule has 0 saturated carbocycles. The molecule has 160 valence electrons. The number of hydrogen-bond acceptors (Lipinski definition) is 5. The lowest BCUT2D eigenvalue weighted by molar-refractivity contribution is -0.122. The van der Waals surface area contributed by atoms with Gasteiger partial charge in [-0.3, -0.25) is 9.69 Å².